The third-order valence-electron chi connectivity index (χ3n) is 3.40. The van der Waals surface area contributed by atoms with Crippen molar-refractivity contribution in [3.05, 3.63) is 12.2 Å². The second-order valence-electron chi connectivity index (χ2n) is 4.62. The summed E-state index contributed by atoms with van der Waals surface area (Å²) in [5.41, 5.74) is 0. The highest BCUT2D eigenvalue weighted by molar-refractivity contribution is 4.92. The largest absolute Gasteiger partial charge is 0.393 e. The van der Waals surface area contributed by atoms with E-state index in [1.165, 1.54) is 6.33 Å². The Bertz CT molecular complexity index is 380. The molecule has 0 bridgehead atoms. The Hall–Kier alpha value is -1.11. The molecule has 0 radical (unpaired) electrons. The van der Waals surface area contributed by atoms with E-state index in [4.69, 9.17) is 0 Å². The summed E-state index contributed by atoms with van der Waals surface area (Å²) in [7, 11) is 0. The second kappa shape index (κ2) is 5.26. The van der Waals surface area contributed by atoms with Crippen molar-refractivity contribution in [2.75, 3.05) is 6.54 Å². The average Bonchev–Trinajstić information content (AvgIpc) is 2.76. The molecule has 0 spiro atoms. The average molecular weight is 262 g/mol. The van der Waals surface area contributed by atoms with Crippen LogP contribution in [0.5, 0.6) is 0 Å². The first kappa shape index (κ1) is 13.3. The molecule has 1 fully saturated rings. The molecule has 1 aromatic heterocycles. The van der Waals surface area contributed by atoms with Gasteiger partial charge in [-0.2, -0.15) is 18.3 Å². The normalized spacial score (nSPS) is 25.3. The van der Waals surface area contributed by atoms with Gasteiger partial charge < -0.3 is 5.32 Å². The maximum absolute atomic E-state index is 12.5. The fraction of sp³-hybridized carbons (Fsp3) is 0.818. The van der Waals surface area contributed by atoms with Gasteiger partial charge in [0.05, 0.1) is 5.92 Å². The van der Waals surface area contributed by atoms with Crippen LogP contribution in [0.4, 0.5) is 13.2 Å². The molecule has 1 aromatic rings. The van der Waals surface area contributed by atoms with Crippen molar-refractivity contribution in [1.82, 2.24) is 20.1 Å². The van der Waals surface area contributed by atoms with Crippen LogP contribution < -0.4 is 5.32 Å². The van der Waals surface area contributed by atoms with Crippen molar-refractivity contribution < 1.29 is 13.2 Å². The molecule has 1 aliphatic rings. The lowest BCUT2D eigenvalue weighted by molar-refractivity contribution is -0.179. The van der Waals surface area contributed by atoms with Crippen LogP contribution in [0.25, 0.3) is 0 Å². The number of hydrogen-bond donors (Lipinski definition) is 1. The monoisotopic (exact) mass is 262 g/mol. The number of aryl methyl sites for hydroxylation is 1. The molecule has 2 unspecified atom stereocenters. The molecule has 2 heterocycles. The van der Waals surface area contributed by atoms with Crippen molar-refractivity contribution in [3.63, 3.8) is 0 Å². The number of alkyl halides is 3. The van der Waals surface area contributed by atoms with Crippen LogP contribution >= 0.6 is 0 Å². The number of rotatable bonds is 3. The zero-order valence-electron chi connectivity index (χ0n) is 10.2. The standard InChI is InChI=1S/C11H17F3N4/c1-2-18-10(16-7-17-18)5-9-4-3-8(6-15-9)11(12,13)14/h7-9,15H,2-6H2,1H3. The fourth-order valence-corrected chi connectivity index (χ4v) is 2.30. The van der Waals surface area contributed by atoms with Crippen LogP contribution in [0.1, 0.15) is 25.6 Å². The maximum Gasteiger partial charge on any atom is 0.393 e. The lowest BCUT2D eigenvalue weighted by Crippen LogP contribution is -2.45. The Morgan fingerprint density at radius 3 is 2.78 bits per heavy atom. The van der Waals surface area contributed by atoms with Crippen molar-refractivity contribution in [2.45, 2.75) is 44.9 Å². The van der Waals surface area contributed by atoms with Crippen molar-refractivity contribution >= 4 is 0 Å². The minimum absolute atomic E-state index is 0.00836. The van der Waals surface area contributed by atoms with E-state index in [2.05, 4.69) is 15.4 Å². The van der Waals surface area contributed by atoms with Crippen LogP contribution in [-0.4, -0.2) is 33.5 Å². The summed E-state index contributed by atoms with van der Waals surface area (Å²) in [5, 5.41) is 7.02. The van der Waals surface area contributed by atoms with E-state index in [1.54, 1.807) is 4.68 Å². The quantitative estimate of drug-likeness (QED) is 0.902. The second-order valence-corrected chi connectivity index (χ2v) is 4.62. The Labute approximate surface area is 104 Å². The Morgan fingerprint density at radius 1 is 1.44 bits per heavy atom. The highest BCUT2D eigenvalue weighted by Gasteiger charge is 2.41. The van der Waals surface area contributed by atoms with Gasteiger partial charge in [0.25, 0.3) is 0 Å². The van der Waals surface area contributed by atoms with Crippen LogP contribution in [0.2, 0.25) is 0 Å². The highest BCUT2D eigenvalue weighted by atomic mass is 19.4. The number of hydrogen-bond acceptors (Lipinski definition) is 3. The molecule has 0 aliphatic carbocycles. The first-order valence-electron chi connectivity index (χ1n) is 6.17. The van der Waals surface area contributed by atoms with Gasteiger partial charge in [-0.25, -0.2) is 4.98 Å². The molecule has 2 rings (SSSR count). The van der Waals surface area contributed by atoms with Gasteiger partial charge in [0.15, 0.2) is 0 Å². The number of aromatic nitrogens is 3. The topological polar surface area (TPSA) is 42.7 Å². The number of halogens is 3. The van der Waals surface area contributed by atoms with Crippen LogP contribution in [0, 0.1) is 5.92 Å². The molecule has 0 saturated carbocycles. The minimum Gasteiger partial charge on any atom is -0.313 e. The Balaban J connectivity index is 1.87. The molecule has 0 aromatic carbocycles. The van der Waals surface area contributed by atoms with E-state index in [0.717, 1.165) is 12.4 Å². The molecule has 1 saturated heterocycles. The Morgan fingerprint density at radius 2 is 2.22 bits per heavy atom. The predicted octanol–water partition coefficient (Wildman–Crippen LogP) is 1.77. The zero-order chi connectivity index (χ0) is 13.2. The molecular weight excluding hydrogens is 245 g/mol. The van der Waals surface area contributed by atoms with Gasteiger partial charge in [0, 0.05) is 25.6 Å². The first-order chi connectivity index (χ1) is 8.50. The maximum atomic E-state index is 12.5. The SMILES string of the molecule is CCn1ncnc1CC1CCC(C(F)(F)F)CN1. The van der Waals surface area contributed by atoms with E-state index >= 15 is 0 Å². The zero-order valence-corrected chi connectivity index (χ0v) is 10.2. The molecule has 18 heavy (non-hydrogen) atoms. The van der Waals surface area contributed by atoms with Crippen LogP contribution in [0.3, 0.4) is 0 Å². The van der Waals surface area contributed by atoms with E-state index in [-0.39, 0.29) is 19.0 Å². The smallest absolute Gasteiger partial charge is 0.313 e. The molecule has 102 valence electrons. The summed E-state index contributed by atoms with van der Waals surface area (Å²) in [6, 6.07) is 0.0677. The summed E-state index contributed by atoms with van der Waals surface area (Å²) < 4.78 is 39.3. The molecule has 4 nitrogen and oxygen atoms in total. The van der Waals surface area contributed by atoms with Gasteiger partial charge in [0.1, 0.15) is 12.2 Å². The van der Waals surface area contributed by atoms with E-state index in [1.807, 2.05) is 6.92 Å². The summed E-state index contributed by atoms with van der Waals surface area (Å²) in [6.07, 6.45) is -1.23. The number of piperidine rings is 1. The molecule has 7 heteroatoms. The summed E-state index contributed by atoms with van der Waals surface area (Å²) in [6.45, 7) is 2.70. The van der Waals surface area contributed by atoms with Crippen molar-refractivity contribution in [3.8, 4) is 0 Å². The molecule has 0 amide bonds. The summed E-state index contributed by atoms with van der Waals surface area (Å²) in [4.78, 5) is 4.14. The highest BCUT2D eigenvalue weighted by Crippen LogP contribution is 2.32. The van der Waals surface area contributed by atoms with E-state index in [9.17, 15) is 13.2 Å². The third kappa shape index (κ3) is 3.01. The third-order valence-corrected chi connectivity index (χ3v) is 3.40. The van der Waals surface area contributed by atoms with Gasteiger partial charge in [0.2, 0.25) is 0 Å². The van der Waals surface area contributed by atoms with Crippen LogP contribution in [0.15, 0.2) is 6.33 Å². The van der Waals surface area contributed by atoms with Gasteiger partial charge in [-0.15, -0.1) is 0 Å². The summed E-state index contributed by atoms with van der Waals surface area (Å²) >= 11 is 0. The van der Waals surface area contributed by atoms with Gasteiger partial charge in [-0.05, 0) is 19.8 Å². The van der Waals surface area contributed by atoms with Crippen molar-refractivity contribution in [2.24, 2.45) is 5.92 Å². The van der Waals surface area contributed by atoms with Crippen LogP contribution in [-0.2, 0) is 13.0 Å². The molecule has 1 N–H and O–H groups in total. The van der Waals surface area contributed by atoms with Gasteiger partial charge in [-0.1, -0.05) is 0 Å². The number of nitrogens with one attached hydrogen (secondary N) is 1. The van der Waals surface area contributed by atoms with Crippen molar-refractivity contribution in [1.29, 1.82) is 0 Å². The Kier molecular flexibility index (Phi) is 3.89. The fourth-order valence-electron chi connectivity index (χ4n) is 2.30. The number of nitrogens with zero attached hydrogens (tertiary/aromatic N) is 3. The summed E-state index contributed by atoms with van der Waals surface area (Å²) in [5.74, 6) is -0.377. The lowest BCUT2D eigenvalue weighted by atomic mass is 9.92. The first-order valence-corrected chi connectivity index (χ1v) is 6.17. The molecule has 2 atom stereocenters. The van der Waals surface area contributed by atoms with Gasteiger partial charge in [-0.3, -0.25) is 4.68 Å². The van der Waals surface area contributed by atoms with Gasteiger partial charge >= 0.3 is 6.18 Å². The predicted molar refractivity (Wildman–Crippen MR) is 60.0 cm³/mol. The van der Waals surface area contributed by atoms with E-state index in [0.29, 0.717) is 12.8 Å². The lowest BCUT2D eigenvalue weighted by Gasteiger charge is -2.30. The molecular formula is C11H17F3N4. The molecule has 1 aliphatic heterocycles. The minimum atomic E-state index is -4.08. The van der Waals surface area contributed by atoms with E-state index < -0.39 is 12.1 Å².